The van der Waals surface area contributed by atoms with Crippen molar-refractivity contribution >= 4 is 15.7 Å². The van der Waals surface area contributed by atoms with Gasteiger partial charge in [-0.2, -0.15) is 13.9 Å². The van der Waals surface area contributed by atoms with Crippen molar-refractivity contribution in [1.29, 1.82) is 0 Å². The molecule has 0 saturated heterocycles. The maximum atomic E-state index is 12.3. The number of anilines is 1. The molecule has 0 aliphatic heterocycles. The standard InChI is InChI=1S/C13H15F2N3O3S/c1-8-6-10(21-13(14)15)4-5-11(8)17-22(19,20)12-7-18(3)16-9(12)2/h4-7,13,17H,1-3H3. The van der Waals surface area contributed by atoms with Gasteiger partial charge in [0.2, 0.25) is 0 Å². The maximum absolute atomic E-state index is 12.3. The number of aromatic nitrogens is 2. The molecule has 9 heteroatoms. The molecule has 2 rings (SSSR count). The maximum Gasteiger partial charge on any atom is 0.387 e. The van der Waals surface area contributed by atoms with Gasteiger partial charge in [-0.15, -0.1) is 0 Å². The molecule has 0 spiro atoms. The number of hydrogen-bond acceptors (Lipinski definition) is 4. The molecule has 0 aliphatic rings. The lowest BCUT2D eigenvalue weighted by Gasteiger charge is -2.12. The molecule has 1 aromatic carbocycles. The Hall–Kier alpha value is -2.16. The second kappa shape index (κ2) is 5.91. The lowest BCUT2D eigenvalue weighted by Crippen LogP contribution is -2.14. The van der Waals surface area contributed by atoms with Gasteiger partial charge in [0.25, 0.3) is 10.0 Å². The van der Waals surface area contributed by atoms with E-state index in [2.05, 4.69) is 14.6 Å². The van der Waals surface area contributed by atoms with Crippen molar-refractivity contribution in [1.82, 2.24) is 9.78 Å². The van der Waals surface area contributed by atoms with E-state index >= 15 is 0 Å². The third-order valence-corrected chi connectivity index (χ3v) is 4.39. The Morgan fingerprint density at radius 1 is 1.32 bits per heavy atom. The summed E-state index contributed by atoms with van der Waals surface area (Å²) in [5.41, 5.74) is 1.11. The van der Waals surface area contributed by atoms with Gasteiger partial charge < -0.3 is 4.74 Å². The first-order chi connectivity index (χ1) is 10.2. The summed E-state index contributed by atoms with van der Waals surface area (Å²) in [6, 6.07) is 3.98. The molecule has 0 saturated carbocycles. The van der Waals surface area contributed by atoms with Crippen LogP contribution in [0.2, 0.25) is 0 Å². The molecule has 0 atom stereocenters. The Balaban J connectivity index is 2.28. The van der Waals surface area contributed by atoms with E-state index in [9.17, 15) is 17.2 Å². The van der Waals surface area contributed by atoms with Gasteiger partial charge in [-0.05, 0) is 37.6 Å². The molecule has 0 aliphatic carbocycles. The summed E-state index contributed by atoms with van der Waals surface area (Å²) in [7, 11) is -2.19. The second-order valence-corrected chi connectivity index (χ2v) is 6.36. The number of ether oxygens (including phenoxy) is 1. The number of nitrogens with one attached hydrogen (secondary N) is 1. The van der Waals surface area contributed by atoms with Crippen molar-refractivity contribution in [3.05, 3.63) is 35.7 Å². The van der Waals surface area contributed by atoms with Crippen molar-refractivity contribution in [2.75, 3.05) is 4.72 Å². The van der Waals surface area contributed by atoms with E-state index < -0.39 is 16.6 Å². The summed E-state index contributed by atoms with van der Waals surface area (Å²) in [6.45, 7) is 0.243. The minimum atomic E-state index is -3.80. The summed E-state index contributed by atoms with van der Waals surface area (Å²) in [4.78, 5) is 0.0577. The first-order valence-corrected chi connectivity index (χ1v) is 7.76. The van der Waals surface area contributed by atoms with Gasteiger partial charge in [-0.1, -0.05) is 0 Å². The van der Waals surface area contributed by atoms with Crippen LogP contribution >= 0.6 is 0 Å². The Morgan fingerprint density at radius 3 is 2.50 bits per heavy atom. The molecular weight excluding hydrogens is 316 g/mol. The zero-order valence-electron chi connectivity index (χ0n) is 12.2. The average Bonchev–Trinajstić information content (AvgIpc) is 2.72. The van der Waals surface area contributed by atoms with Crippen LogP contribution in [0.25, 0.3) is 0 Å². The zero-order chi connectivity index (χ0) is 16.5. The van der Waals surface area contributed by atoms with Crippen LogP contribution in [0.5, 0.6) is 5.75 Å². The predicted molar refractivity (Wildman–Crippen MR) is 76.6 cm³/mol. The van der Waals surface area contributed by atoms with Crippen molar-refractivity contribution in [2.24, 2.45) is 7.05 Å². The van der Waals surface area contributed by atoms with E-state index in [0.717, 1.165) is 0 Å². The SMILES string of the molecule is Cc1cc(OC(F)F)ccc1NS(=O)(=O)c1cn(C)nc1C. The Morgan fingerprint density at radius 2 is 2.00 bits per heavy atom. The van der Waals surface area contributed by atoms with Crippen LogP contribution in [0.1, 0.15) is 11.3 Å². The number of sulfonamides is 1. The number of benzene rings is 1. The number of halogens is 2. The fourth-order valence-corrected chi connectivity index (χ4v) is 3.32. The zero-order valence-corrected chi connectivity index (χ0v) is 13.0. The van der Waals surface area contributed by atoms with Crippen LogP contribution in [0.4, 0.5) is 14.5 Å². The first kappa shape index (κ1) is 16.2. The van der Waals surface area contributed by atoms with Crippen LogP contribution in [0.3, 0.4) is 0 Å². The average molecular weight is 331 g/mol. The molecular formula is C13H15F2N3O3S. The van der Waals surface area contributed by atoms with Crippen LogP contribution in [-0.2, 0) is 17.1 Å². The number of rotatable bonds is 5. The lowest BCUT2D eigenvalue weighted by atomic mass is 10.2. The molecule has 0 amide bonds. The van der Waals surface area contributed by atoms with Crippen LogP contribution in [0.15, 0.2) is 29.3 Å². The van der Waals surface area contributed by atoms with Gasteiger partial charge in [-0.25, -0.2) is 8.42 Å². The number of alkyl halides is 2. The molecule has 0 bridgehead atoms. The summed E-state index contributed by atoms with van der Waals surface area (Å²) >= 11 is 0. The monoisotopic (exact) mass is 331 g/mol. The van der Waals surface area contributed by atoms with E-state index in [-0.39, 0.29) is 16.3 Å². The normalized spacial score (nSPS) is 11.7. The van der Waals surface area contributed by atoms with Gasteiger partial charge >= 0.3 is 6.61 Å². The highest BCUT2D eigenvalue weighted by Gasteiger charge is 2.20. The van der Waals surface area contributed by atoms with Gasteiger partial charge in [0.15, 0.2) is 0 Å². The molecule has 1 aromatic heterocycles. The molecule has 0 radical (unpaired) electrons. The fourth-order valence-electron chi connectivity index (χ4n) is 1.97. The van der Waals surface area contributed by atoms with Gasteiger partial charge in [0.1, 0.15) is 10.6 Å². The third kappa shape index (κ3) is 3.53. The molecule has 1 N–H and O–H groups in total. The van der Waals surface area contributed by atoms with Crippen LogP contribution in [-0.4, -0.2) is 24.8 Å². The van der Waals surface area contributed by atoms with E-state index in [0.29, 0.717) is 11.3 Å². The smallest absolute Gasteiger partial charge is 0.387 e. The second-order valence-electron chi connectivity index (χ2n) is 4.71. The van der Waals surface area contributed by atoms with Crippen molar-refractivity contribution in [3.63, 3.8) is 0 Å². The van der Waals surface area contributed by atoms with E-state index in [1.54, 1.807) is 20.9 Å². The predicted octanol–water partition coefficient (Wildman–Crippen LogP) is 2.44. The Labute approximate surface area is 126 Å². The molecule has 0 unspecified atom stereocenters. The molecule has 2 aromatic rings. The number of aryl methyl sites for hydroxylation is 3. The lowest BCUT2D eigenvalue weighted by molar-refractivity contribution is -0.0498. The minimum Gasteiger partial charge on any atom is -0.435 e. The molecule has 120 valence electrons. The van der Waals surface area contributed by atoms with Gasteiger partial charge in [0.05, 0.1) is 11.4 Å². The largest absolute Gasteiger partial charge is 0.435 e. The highest BCUT2D eigenvalue weighted by molar-refractivity contribution is 7.92. The highest BCUT2D eigenvalue weighted by Crippen LogP contribution is 2.25. The summed E-state index contributed by atoms with van der Waals surface area (Å²) in [5, 5.41) is 3.98. The Bertz CT molecular complexity index is 788. The van der Waals surface area contributed by atoms with Gasteiger partial charge in [0, 0.05) is 13.2 Å². The molecule has 6 nitrogen and oxygen atoms in total. The number of nitrogens with zero attached hydrogens (tertiary/aromatic N) is 2. The van der Waals surface area contributed by atoms with Crippen molar-refractivity contribution in [3.8, 4) is 5.75 Å². The molecule has 0 fully saturated rings. The summed E-state index contributed by atoms with van der Waals surface area (Å²) in [6.07, 6.45) is 1.39. The van der Waals surface area contributed by atoms with Gasteiger partial charge in [-0.3, -0.25) is 9.40 Å². The third-order valence-electron chi connectivity index (χ3n) is 2.93. The van der Waals surface area contributed by atoms with Crippen LogP contribution < -0.4 is 9.46 Å². The van der Waals surface area contributed by atoms with Crippen LogP contribution in [0, 0.1) is 13.8 Å². The molecule has 1 heterocycles. The summed E-state index contributed by atoms with van der Waals surface area (Å²) in [5.74, 6) is -0.0343. The summed E-state index contributed by atoms with van der Waals surface area (Å²) < 4.78 is 57.0. The topological polar surface area (TPSA) is 73.2 Å². The minimum absolute atomic E-state index is 0.0343. The van der Waals surface area contributed by atoms with E-state index in [4.69, 9.17) is 0 Å². The fraction of sp³-hybridized carbons (Fsp3) is 0.308. The molecule has 22 heavy (non-hydrogen) atoms. The highest BCUT2D eigenvalue weighted by atomic mass is 32.2. The number of hydrogen-bond donors (Lipinski definition) is 1. The Kier molecular flexibility index (Phi) is 4.36. The van der Waals surface area contributed by atoms with Crippen molar-refractivity contribution < 1.29 is 21.9 Å². The van der Waals surface area contributed by atoms with E-state index in [1.165, 1.54) is 29.1 Å². The van der Waals surface area contributed by atoms with Crippen molar-refractivity contribution in [2.45, 2.75) is 25.4 Å². The first-order valence-electron chi connectivity index (χ1n) is 6.27. The van der Waals surface area contributed by atoms with E-state index in [1.807, 2.05) is 0 Å². The quantitative estimate of drug-likeness (QED) is 0.913.